The lowest BCUT2D eigenvalue weighted by molar-refractivity contribution is 0.400. The van der Waals surface area contributed by atoms with Gasteiger partial charge in [-0.3, -0.25) is 0 Å². The number of hydrogen-bond donors (Lipinski definition) is 0. The van der Waals surface area contributed by atoms with E-state index < -0.39 is 0 Å². The molecular formula is C43H33BN2. The van der Waals surface area contributed by atoms with E-state index in [4.69, 9.17) is 0 Å². The van der Waals surface area contributed by atoms with Crippen molar-refractivity contribution in [3.63, 3.8) is 0 Å². The first kappa shape index (κ1) is 25.2. The minimum atomic E-state index is 0.103. The first-order valence-corrected chi connectivity index (χ1v) is 17.0. The lowest BCUT2D eigenvalue weighted by atomic mass is 9.33. The van der Waals surface area contributed by atoms with Crippen LogP contribution < -0.4 is 26.2 Å². The Hall–Kier alpha value is -5.02. The molecule has 1 spiro atoms. The topological polar surface area (TPSA) is 6.48 Å². The Morgan fingerprint density at radius 2 is 0.978 bits per heavy atom. The van der Waals surface area contributed by atoms with Gasteiger partial charge < -0.3 is 9.80 Å². The van der Waals surface area contributed by atoms with Gasteiger partial charge in [0.2, 0.25) is 0 Å². The average molecular weight is 589 g/mol. The standard InChI is InChI=1S/C43H33BN2/c1-2-12-30(13-3-1)45-36-19-8-6-17-34(36)44-35-18-7-9-20-37(35)46(40-23-11-22-39(45)42(40)44)38-21-10-15-32-31-14-4-5-16-33(31)43(41(32)38)28-24-25-29(43)27-26-28/h1-23,28-29H,24-27H2. The number of anilines is 6. The monoisotopic (exact) mass is 588 g/mol. The van der Waals surface area contributed by atoms with Crippen molar-refractivity contribution < 1.29 is 0 Å². The molecule has 2 heterocycles. The van der Waals surface area contributed by atoms with E-state index in [1.807, 2.05) is 0 Å². The molecule has 6 aromatic rings. The van der Waals surface area contributed by atoms with Gasteiger partial charge in [-0.25, -0.2) is 0 Å². The van der Waals surface area contributed by atoms with Gasteiger partial charge in [-0.1, -0.05) is 97.1 Å². The molecule has 3 heteroatoms. The van der Waals surface area contributed by atoms with Crippen molar-refractivity contribution in [2.24, 2.45) is 11.8 Å². The van der Waals surface area contributed by atoms with Gasteiger partial charge in [0.25, 0.3) is 6.71 Å². The van der Waals surface area contributed by atoms with Crippen molar-refractivity contribution in [3.05, 3.63) is 151 Å². The first-order chi connectivity index (χ1) is 22.9. The number of fused-ring (bicyclic) bond motifs is 7. The van der Waals surface area contributed by atoms with Gasteiger partial charge in [0.1, 0.15) is 0 Å². The van der Waals surface area contributed by atoms with E-state index in [2.05, 4.69) is 149 Å². The fourth-order valence-corrected chi connectivity index (χ4v) is 10.7. The van der Waals surface area contributed by atoms with E-state index in [1.165, 1.54) is 87.3 Å². The molecule has 3 aliphatic carbocycles. The zero-order valence-electron chi connectivity index (χ0n) is 25.7. The molecule has 5 aliphatic rings. The molecule has 0 radical (unpaired) electrons. The molecule has 218 valence electrons. The second-order valence-corrected chi connectivity index (χ2v) is 13.9. The third kappa shape index (κ3) is 2.95. The highest BCUT2D eigenvalue weighted by Crippen LogP contribution is 2.69. The lowest BCUT2D eigenvalue weighted by Crippen LogP contribution is -2.61. The van der Waals surface area contributed by atoms with Crippen LogP contribution in [0.2, 0.25) is 0 Å². The molecule has 0 amide bonds. The predicted molar refractivity (Wildman–Crippen MR) is 192 cm³/mol. The Kier molecular flexibility index (Phi) is 4.95. The second-order valence-electron chi connectivity index (χ2n) is 13.9. The Bertz CT molecular complexity index is 2200. The zero-order chi connectivity index (χ0) is 30.0. The number of benzene rings is 6. The SMILES string of the molecule is c1ccc(N2c3ccccc3B3c4ccccc4N(c4cccc5c4C4(c6ccccc6-5)C5CCC4CC5)c4cccc2c43)cc1. The maximum absolute atomic E-state index is 2.66. The molecule has 0 saturated heterocycles. The van der Waals surface area contributed by atoms with Crippen molar-refractivity contribution in [2.45, 2.75) is 31.1 Å². The summed E-state index contributed by atoms with van der Waals surface area (Å²) >= 11 is 0. The van der Waals surface area contributed by atoms with Gasteiger partial charge in [0.05, 0.1) is 5.69 Å². The summed E-state index contributed by atoms with van der Waals surface area (Å²) in [6.07, 6.45) is 5.37. The lowest BCUT2D eigenvalue weighted by Gasteiger charge is -2.45. The maximum atomic E-state index is 2.66. The van der Waals surface area contributed by atoms with Crippen LogP contribution in [-0.4, -0.2) is 6.71 Å². The molecule has 46 heavy (non-hydrogen) atoms. The molecule has 0 aromatic heterocycles. The summed E-state index contributed by atoms with van der Waals surface area (Å²) in [6.45, 7) is 0.167. The Morgan fingerprint density at radius 1 is 0.457 bits per heavy atom. The maximum Gasteiger partial charge on any atom is 0.252 e. The summed E-state index contributed by atoms with van der Waals surface area (Å²) in [5.74, 6) is 1.41. The van der Waals surface area contributed by atoms with Crippen LogP contribution in [0, 0.1) is 11.8 Å². The van der Waals surface area contributed by atoms with E-state index in [0.29, 0.717) is 11.8 Å². The molecule has 0 N–H and O–H groups in total. The third-order valence-corrected chi connectivity index (χ3v) is 12.2. The summed E-state index contributed by atoms with van der Waals surface area (Å²) in [7, 11) is 0. The fraction of sp³-hybridized carbons (Fsp3) is 0.163. The van der Waals surface area contributed by atoms with Crippen LogP contribution in [0.4, 0.5) is 34.1 Å². The highest BCUT2D eigenvalue weighted by atomic mass is 15.2. The molecule has 2 saturated carbocycles. The second kappa shape index (κ2) is 9.04. The Labute approximate surface area is 271 Å². The van der Waals surface area contributed by atoms with Crippen LogP contribution in [0.3, 0.4) is 0 Å². The van der Waals surface area contributed by atoms with Crippen molar-refractivity contribution >= 4 is 57.2 Å². The largest absolute Gasteiger partial charge is 0.311 e. The van der Waals surface area contributed by atoms with Gasteiger partial charge in [0, 0.05) is 33.9 Å². The molecule has 2 aliphatic heterocycles. The van der Waals surface area contributed by atoms with E-state index in [-0.39, 0.29) is 12.1 Å². The summed E-state index contributed by atoms with van der Waals surface area (Å²) in [5.41, 5.74) is 18.1. The minimum absolute atomic E-state index is 0.103. The van der Waals surface area contributed by atoms with E-state index >= 15 is 0 Å². The molecule has 6 aromatic carbocycles. The normalized spacial score (nSPS) is 22.4. The summed E-state index contributed by atoms with van der Waals surface area (Å²) in [4.78, 5) is 5.15. The molecule has 0 atom stereocenters. The van der Waals surface area contributed by atoms with Gasteiger partial charge in [-0.2, -0.15) is 0 Å². The number of rotatable bonds is 2. The summed E-state index contributed by atoms with van der Waals surface area (Å²) in [6, 6.07) is 52.7. The highest BCUT2D eigenvalue weighted by molar-refractivity contribution is 7.00. The Morgan fingerprint density at radius 3 is 1.72 bits per heavy atom. The van der Waals surface area contributed by atoms with E-state index in [1.54, 1.807) is 11.1 Å². The van der Waals surface area contributed by atoms with Gasteiger partial charge in [0.15, 0.2) is 0 Å². The average Bonchev–Trinajstić information content (AvgIpc) is 3.77. The minimum Gasteiger partial charge on any atom is -0.311 e. The van der Waals surface area contributed by atoms with Crippen LogP contribution in [0.1, 0.15) is 36.8 Å². The molecular weight excluding hydrogens is 555 g/mol. The van der Waals surface area contributed by atoms with Crippen molar-refractivity contribution in [2.75, 3.05) is 9.80 Å². The van der Waals surface area contributed by atoms with Gasteiger partial charge in [-0.05, 0) is 119 Å². The summed E-state index contributed by atoms with van der Waals surface area (Å²) < 4.78 is 0. The van der Waals surface area contributed by atoms with Crippen LogP contribution in [0.15, 0.2) is 140 Å². The van der Waals surface area contributed by atoms with E-state index in [9.17, 15) is 0 Å². The smallest absolute Gasteiger partial charge is 0.252 e. The Balaban J connectivity index is 1.23. The van der Waals surface area contributed by atoms with Gasteiger partial charge >= 0.3 is 0 Å². The highest BCUT2D eigenvalue weighted by Gasteiger charge is 2.61. The number of hydrogen-bond acceptors (Lipinski definition) is 2. The fourth-order valence-electron chi connectivity index (χ4n) is 10.7. The predicted octanol–water partition coefficient (Wildman–Crippen LogP) is 8.86. The molecule has 0 unspecified atom stereocenters. The van der Waals surface area contributed by atoms with Crippen LogP contribution >= 0.6 is 0 Å². The third-order valence-electron chi connectivity index (χ3n) is 12.2. The van der Waals surface area contributed by atoms with Crippen LogP contribution in [0.5, 0.6) is 0 Å². The van der Waals surface area contributed by atoms with Crippen molar-refractivity contribution in [1.29, 1.82) is 0 Å². The van der Waals surface area contributed by atoms with Crippen molar-refractivity contribution in [3.8, 4) is 11.1 Å². The van der Waals surface area contributed by atoms with Crippen LogP contribution in [-0.2, 0) is 5.41 Å². The summed E-state index contributed by atoms with van der Waals surface area (Å²) in [5, 5.41) is 0. The van der Waals surface area contributed by atoms with Crippen molar-refractivity contribution in [1.82, 2.24) is 0 Å². The molecule has 2 fully saturated rings. The molecule has 11 rings (SSSR count). The van der Waals surface area contributed by atoms with Crippen LogP contribution in [0.25, 0.3) is 11.1 Å². The number of para-hydroxylation sites is 3. The molecule has 2 bridgehead atoms. The van der Waals surface area contributed by atoms with Gasteiger partial charge in [-0.15, -0.1) is 0 Å². The molecule has 2 nitrogen and oxygen atoms in total. The van der Waals surface area contributed by atoms with E-state index in [0.717, 1.165) is 0 Å². The quantitative estimate of drug-likeness (QED) is 0.186. The first-order valence-electron chi connectivity index (χ1n) is 17.0. The zero-order valence-corrected chi connectivity index (χ0v) is 25.7. The number of nitrogens with zero attached hydrogens (tertiary/aromatic N) is 2.